The van der Waals surface area contributed by atoms with Crippen molar-refractivity contribution in [2.75, 3.05) is 23.8 Å². The molecule has 0 saturated carbocycles. The largest absolute Gasteiger partial charge is 0.465 e. The molecular formula is C24H30N4O6. The normalized spacial score (nSPS) is 11.4. The van der Waals surface area contributed by atoms with Crippen LogP contribution in [0.1, 0.15) is 41.5 Å². The van der Waals surface area contributed by atoms with Crippen LogP contribution in [0.2, 0.25) is 0 Å². The molecule has 0 spiro atoms. The van der Waals surface area contributed by atoms with E-state index in [-0.39, 0.29) is 24.8 Å². The molecule has 2 aromatic rings. The van der Waals surface area contributed by atoms with Crippen molar-refractivity contribution in [1.82, 2.24) is 9.97 Å². The van der Waals surface area contributed by atoms with Crippen molar-refractivity contribution >= 4 is 35.4 Å². The second-order valence-electron chi connectivity index (χ2n) is 8.42. The number of carbonyl (C=O) groups is 4. The van der Waals surface area contributed by atoms with E-state index < -0.39 is 34.6 Å². The first kappa shape index (κ1) is 26.4. The molecule has 10 nitrogen and oxygen atoms in total. The van der Waals surface area contributed by atoms with E-state index in [1.54, 1.807) is 50.2 Å². The van der Waals surface area contributed by atoms with Gasteiger partial charge in [-0.1, -0.05) is 12.1 Å². The summed E-state index contributed by atoms with van der Waals surface area (Å²) in [5, 5.41) is 5.25. The number of amides is 2. The van der Waals surface area contributed by atoms with E-state index in [1.165, 1.54) is 27.7 Å². The second kappa shape index (κ2) is 10.9. The van der Waals surface area contributed by atoms with E-state index in [0.717, 1.165) is 0 Å². The van der Waals surface area contributed by atoms with Crippen molar-refractivity contribution < 1.29 is 28.7 Å². The number of rotatable bonds is 9. The number of hydrogen-bond acceptors (Lipinski definition) is 8. The molecule has 0 radical (unpaired) electrons. The van der Waals surface area contributed by atoms with Crippen molar-refractivity contribution in [2.45, 2.75) is 41.5 Å². The highest BCUT2D eigenvalue weighted by molar-refractivity contribution is 6.08. The van der Waals surface area contributed by atoms with E-state index in [0.29, 0.717) is 11.4 Å². The highest BCUT2D eigenvalue weighted by atomic mass is 16.5. The van der Waals surface area contributed by atoms with Gasteiger partial charge in [-0.25, -0.2) is 9.97 Å². The average Bonchev–Trinajstić information content (AvgIpc) is 2.79. The molecule has 2 heterocycles. The maximum Gasteiger partial charge on any atom is 0.321 e. The van der Waals surface area contributed by atoms with Crippen molar-refractivity contribution in [1.29, 1.82) is 0 Å². The maximum absolute atomic E-state index is 12.6. The highest BCUT2D eigenvalue weighted by Gasteiger charge is 2.38. The van der Waals surface area contributed by atoms with Crippen LogP contribution in [0.15, 0.2) is 36.4 Å². The lowest BCUT2D eigenvalue weighted by Crippen LogP contribution is -2.39. The van der Waals surface area contributed by atoms with Gasteiger partial charge in [-0.15, -0.1) is 0 Å². The molecule has 0 bridgehead atoms. The van der Waals surface area contributed by atoms with Crippen LogP contribution in [0.25, 0.3) is 11.4 Å². The Hall–Kier alpha value is -3.82. The van der Waals surface area contributed by atoms with Gasteiger partial charge in [0.15, 0.2) is 0 Å². The summed E-state index contributed by atoms with van der Waals surface area (Å²) in [5.41, 5.74) is -1.95. The van der Waals surface area contributed by atoms with E-state index in [9.17, 15) is 19.2 Å². The summed E-state index contributed by atoms with van der Waals surface area (Å²) in [5.74, 6) is -1.96. The third kappa shape index (κ3) is 6.15. The first-order valence-electron chi connectivity index (χ1n) is 10.8. The predicted octanol–water partition coefficient (Wildman–Crippen LogP) is 3.20. The highest BCUT2D eigenvalue weighted by Crippen LogP contribution is 2.24. The standard InChI is InChI=1S/C24H30N4O6/c1-7-33-21(31)23(3,4)19(29)27-17-13-9-11-15(25-17)16-12-10-14-18(26-16)28-20(30)24(5,6)22(32)34-8-2/h9-14H,7-8H2,1-6H3,(H,25,27,29)(H,26,28,30). The van der Waals surface area contributed by atoms with Gasteiger partial charge in [0.05, 0.1) is 24.6 Å². The van der Waals surface area contributed by atoms with E-state index >= 15 is 0 Å². The first-order chi connectivity index (χ1) is 15.9. The molecule has 2 aromatic heterocycles. The summed E-state index contributed by atoms with van der Waals surface area (Å²) in [6, 6.07) is 9.87. The monoisotopic (exact) mass is 470 g/mol. The molecule has 2 N–H and O–H groups in total. The molecular weight excluding hydrogens is 440 g/mol. The number of hydrogen-bond donors (Lipinski definition) is 2. The average molecular weight is 471 g/mol. The van der Waals surface area contributed by atoms with E-state index in [4.69, 9.17) is 9.47 Å². The number of anilines is 2. The summed E-state index contributed by atoms with van der Waals surface area (Å²) in [4.78, 5) is 58.2. The fourth-order valence-electron chi connectivity index (χ4n) is 2.65. The van der Waals surface area contributed by atoms with Gasteiger partial charge in [0.2, 0.25) is 11.8 Å². The maximum atomic E-state index is 12.6. The third-order valence-electron chi connectivity index (χ3n) is 4.95. The molecule has 10 heteroatoms. The van der Waals surface area contributed by atoms with Gasteiger partial charge in [0, 0.05) is 0 Å². The molecule has 2 rings (SSSR count). The van der Waals surface area contributed by atoms with Crippen LogP contribution in [0.4, 0.5) is 11.6 Å². The van der Waals surface area contributed by atoms with Crippen molar-refractivity contribution in [3.05, 3.63) is 36.4 Å². The minimum Gasteiger partial charge on any atom is -0.465 e. The zero-order valence-corrected chi connectivity index (χ0v) is 20.2. The Kier molecular flexibility index (Phi) is 8.45. The Bertz CT molecular complexity index is 995. The first-order valence-corrected chi connectivity index (χ1v) is 10.8. The van der Waals surface area contributed by atoms with Crippen LogP contribution in [-0.2, 0) is 28.7 Å². The Morgan fingerprint density at radius 1 is 0.706 bits per heavy atom. The molecule has 0 unspecified atom stereocenters. The molecule has 0 atom stereocenters. The quantitative estimate of drug-likeness (QED) is 0.421. The molecule has 0 fully saturated rings. The number of aromatic nitrogens is 2. The molecule has 0 aliphatic heterocycles. The van der Waals surface area contributed by atoms with Gasteiger partial charge in [0.1, 0.15) is 22.5 Å². The lowest BCUT2D eigenvalue weighted by atomic mass is 9.92. The van der Waals surface area contributed by atoms with Gasteiger partial charge in [0.25, 0.3) is 0 Å². The van der Waals surface area contributed by atoms with Gasteiger partial charge < -0.3 is 20.1 Å². The number of ether oxygens (including phenoxy) is 2. The fraction of sp³-hybridized carbons (Fsp3) is 0.417. The summed E-state index contributed by atoms with van der Waals surface area (Å²) >= 11 is 0. The SMILES string of the molecule is CCOC(=O)C(C)(C)C(=O)Nc1cccc(-c2cccc(NC(=O)C(C)(C)C(=O)OCC)n2)n1. The van der Waals surface area contributed by atoms with Crippen molar-refractivity contribution in [2.24, 2.45) is 10.8 Å². The van der Waals surface area contributed by atoms with Crippen LogP contribution >= 0.6 is 0 Å². The van der Waals surface area contributed by atoms with Gasteiger partial charge in [-0.3, -0.25) is 19.2 Å². The molecule has 0 aromatic carbocycles. The third-order valence-corrected chi connectivity index (χ3v) is 4.95. The Morgan fingerprint density at radius 2 is 1.06 bits per heavy atom. The Labute approximate surface area is 198 Å². The number of esters is 2. The molecule has 34 heavy (non-hydrogen) atoms. The Morgan fingerprint density at radius 3 is 1.38 bits per heavy atom. The van der Waals surface area contributed by atoms with Gasteiger partial charge in [-0.05, 0) is 65.8 Å². The Balaban J connectivity index is 2.21. The van der Waals surface area contributed by atoms with E-state index in [2.05, 4.69) is 20.6 Å². The summed E-state index contributed by atoms with van der Waals surface area (Å²) in [6.07, 6.45) is 0. The summed E-state index contributed by atoms with van der Waals surface area (Å²) < 4.78 is 9.92. The van der Waals surface area contributed by atoms with Crippen molar-refractivity contribution in [3.8, 4) is 11.4 Å². The van der Waals surface area contributed by atoms with Crippen molar-refractivity contribution in [3.63, 3.8) is 0 Å². The smallest absolute Gasteiger partial charge is 0.321 e. The topological polar surface area (TPSA) is 137 Å². The number of pyridine rings is 2. The second-order valence-corrected chi connectivity index (χ2v) is 8.42. The van der Waals surface area contributed by atoms with Crippen LogP contribution in [0, 0.1) is 10.8 Å². The molecule has 0 aliphatic carbocycles. The van der Waals surface area contributed by atoms with Crippen LogP contribution in [0.3, 0.4) is 0 Å². The molecule has 182 valence electrons. The number of nitrogens with one attached hydrogen (secondary N) is 2. The summed E-state index contributed by atoms with van der Waals surface area (Å²) in [7, 11) is 0. The van der Waals surface area contributed by atoms with Gasteiger partial charge in [-0.2, -0.15) is 0 Å². The minimum atomic E-state index is -1.40. The molecule has 0 saturated heterocycles. The molecule has 0 aliphatic rings. The predicted molar refractivity (Wildman–Crippen MR) is 126 cm³/mol. The van der Waals surface area contributed by atoms with Gasteiger partial charge >= 0.3 is 11.9 Å². The zero-order chi connectivity index (χ0) is 25.5. The summed E-state index contributed by atoms with van der Waals surface area (Å²) in [6.45, 7) is 9.53. The van der Waals surface area contributed by atoms with Crippen LogP contribution in [0.5, 0.6) is 0 Å². The van der Waals surface area contributed by atoms with Crippen LogP contribution < -0.4 is 10.6 Å². The lowest BCUT2D eigenvalue weighted by Gasteiger charge is -2.21. The fourth-order valence-corrected chi connectivity index (χ4v) is 2.65. The van der Waals surface area contributed by atoms with E-state index in [1.807, 2.05) is 0 Å². The lowest BCUT2D eigenvalue weighted by molar-refractivity contribution is -0.158. The zero-order valence-electron chi connectivity index (χ0n) is 20.2. The molecule has 2 amide bonds. The number of nitrogens with zero attached hydrogens (tertiary/aromatic N) is 2. The minimum absolute atomic E-state index is 0.165. The van der Waals surface area contributed by atoms with Crippen LogP contribution in [-0.4, -0.2) is 46.9 Å². The number of carbonyl (C=O) groups excluding carboxylic acids is 4.